The summed E-state index contributed by atoms with van der Waals surface area (Å²) in [6, 6.07) is 7.00. The Labute approximate surface area is 108 Å². The first-order valence-corrected chi connectivity index (χ1v) is 6.19. The van der Waals surface area contributed by atoms with Gasteiger partial charge in [-0.25, -0.2) is 4.79 Å². The van der Waals surface area contributed by atoms with E-state index in [1.807, 2.05) is 0 Å². The number of hydrogen-bond donors (Lipinski definition) is 1. The lowest BCUT2D eigenvalue weighted by atomic mass is 10.3. The monoisotopic (exact) mass is 262 g/mol. The number of amides is 1. The zero-order valence-electron chi connectivity index (χ0n) is 10.3. The molecule has 6 heteroatoms. The number of aromatic nitrogens is 1. The van der Waals surface area contributed by atoms with Gasteiger partial charge in [-0.15, -0.1) is 0 Å². The van der Waals surface area contributed by atoms with E-state index in [0.29, 0.717) is 30.6 Å². The molecular weight excluding hydrogens is 248 g/mol. The Morgan fingerprint density at radius 1 is 1.42 bits per heavy atom. The second-order valence-corrected chi connectivity index (χ2v) is 4.70. The van der Waals surface area contributed by atoms with Crippen LogP contribution in [0.25, 0.3) is 11.1 Å². The molecular formula is C13H14N2O4. The molecule has 1 aliphatic heterocycles. The maximum Gasteiger partial charge on any atom is 0.420 e. The molecule has 0 spiro atoms. The largest absolute Gasteiger partial charge is 0.420 e. The predicted octanol–water partition coefficient (Wildman–Crippen LogP) is 0.188. The van der Waals surface area contributed by atoms with Crippen LogP contribution in [0.2, 0.25) is 0 Å². The average molecular weight is 262 g/mol. The molecule has 1 amide bonds. The van der Waals surface area contributed by atoms with Crippen LogP contribution in [0.5, 0.6) is 0 Å². The highest BCUT2D eigenvalue weighted by Gasteiger charge is 2.25. The van der Waals surface area contributed by atoms with Crippen molar-refractivity contribution in [2.75, 3.05) is 13.1 Å². The minimum absolute atomic E-state index is 0.0530. The first kappa shape index (κ1) is 12.0. The third kappa shape index (κ3) is 2.15. The maximum absolute atomic E-state index is 12.1. The van der Waals surface area contributed by atoms with Crippen LogP contribution >= 0.6 is 0 Å². The fourth-order valence-corrected chi connectivity index (χ4v) is 2.37. The summed E-state index contributed by atoms with van der Waals surface area (Å²) >= 11 is 0. The molecule has 1 saturated heterocycles. The van der Waals surface area contributed by atoms with Crippen molar-refractivity contribution in [1.29, 1.82) is 0 Å². The van der Waals surface area contributed by atoms with Crippen LogP contribution in [0.3, 0.4) is 0 Å². The van der Waals surface area contributed by atoms with Crippen molar-refractivity contribution in [3.63, 3.8) is 0 Å². The van der Waals surface area contributed by atoms with Crippen molar-refractivity contribution in [3.05, 3.63) is 34.8 Å². The molecule has 100 valence electrons. The molecule has 0 bridgehead atoms. The fraction of sp³-hybridized carbons (Fsp3) is 0.385. The van der Waals surface area contributed by atoms with E-state index < -0.39 is 11.9 Å². The lowest BCUT2D eigenvalue weighted by Crippen LogP contribution is -2.34. The summed E-state index contributed by atoms with van der Waals surface area (Å²) in [4.78, 5) is 25.4. The molecule has 0 radical (unpaired) electrons. The molecule has 2 heterocycles. The second-order valence-electron chi connectivity index (χ2n) is 4.70. The van der Waals surface area contributed by atoms with Gasteiger partial charge in [-0.3, -0.25) is 9.36 Å². The molecule has 1 atom stereocenters. The van der Waals surface area contributed by atoms with Gasteiger partial charge in [0.25, 0.3) is 0 Å². The number of likely N-dealkylation sites (tertiary alicyclic amines) is 1. The number of aliphatic hydroxyl groups is 1. The summed E-state index contributed by atoms with van der Waals surface area (Å²) in [6.07, 6.45) is 0.133. The van der Waals surface area contributed by atoms with Gasteiger partial charge in [0, 0.05) is 13.1 Å². The van der Waals surface area contributed by atoms with E-state index in [9.17, 15) is 14.7 Å². The van der Waals surface area contributed by atoms with E-state index in [4.69, 9.17) is 4.42 Å². The topological polar surface area (TPSA) is 75.7 Å². The summed E-state index contributed by atoms with van der Waals surface area (Å²) in [5, 5.41) is 9.42. The van der Waals surface area contributed by atoms with E-state index in [1.165, 1.54) is 4.57 Å². The first-order valence-electron chi connectivity index (χ1n) is 6.19. The van der Waals surface area contributed by atoms with Crippen molar-refractivity contribution in [2.24, 2.45) is 0 Å². The molecule has 6 nitrogen and oxygen atoms in total. The molecule has 0 aliphatic carbocycles. The van der Waals surface area contributed by atoms with Crippen LogP contribution < -0.4 is 5.76 Å². The molecule has 1 N–H and O–H groups in total. The van der Waals surface area contributed by atoms with Gasteiger partial charge in [0.1, 0.15) is 6.54 Å². The molecule has 3 rings (SSSR count). The van der Waals surface area contributed by atoms with E-state index in [2.05, 4.69) is 0 Å². The van der Waals surface area contributed by atoms with Gasteiger partial charge in [-0.2, -0.15) is 0 Å². The van der Waals surface area contributed by atoms with Crippen molar-refractivity contribution in [3.8, 4) is 0 Å². The molecule has 19 heavy (non-hydrogen) atoms. The molecule has 2 aromatic rings. The molecule has 0 unspecified atom stereocenters. The Kier molecular flexibility index (Phi) is 2.87. The van der Waals surface area contributed by atoms with Crippen molar-refractivity contribution in [2.45, 2.75) is 19.1 Å². The molecule has 1 fully saturated rings. The standard InChI is InChI=1S/C13H14N2O4/c16-9-5-6-14(7-9)12(17)8-15-10-3-1-2-4-11(10)19-13(15)18/h1-4,9,16H,5-8H2/t9-/m0/s1. The highest BCUT2D eigenvalue weighted by atomic mass is 16.4. The summed E-state index contributed by atoms with van der Waals surface area (Å²) < 4.78 is 6.39. The van der Waals surface area contributed by atoms with E-state index >= 15 is 0 Å². The van der Waals surface area contributed by atoms with E-state index in [1.54, 1.807) is 29.2 Å². The van der Waals surface area contributed by atoms with Gasteiger partial charge in [0.05, 0.1) is 11.6 Å². The third-order valence-electron chi connectivity index (χ3n) is 3.38. The van der Waals surface area contributed by atoms with E-state index in [-0.39, 0.29) is 12.5 Å². The van der Waals surface area contributed by atoms with Crippen molar-refractivity contribution in [1.82, 2.24) is 9.47 Å². The summed E-state index contributed by atoms with van der Waals surface area (Å²) in [5.74, 6) is -0.709. The lowest BCUT2D eigenvalue weighted by Gasteiger charge is -2.15. The number of para-hydroxylation sites is 2. The maximum atomic E-state index is 12.1. The van der Waals surface area contributed by atoms with Gasteiger partial charge in [0.2, 0.25) is 5.91 Å². The third-order valence-corrected chi connectivity index (χ3v) is 3.38. The Bertz CT molecular complexity index is 673. The first-order chi connectivity index (χ1) is 9.15. The molecule has 0 saturated carbocycles. The van der Waals surface area contributed by atoms with Crippen LogP contribution in [0.15, 0.2) is 33.5 Å². The van der Waals surface area contributed by atoms with Crippen LogP contribution in [-0.4, -0.2) is 39.7 Å². The quantitative estimate of drug-likeness (QED) is 0.838. The number of fused-ring (bicyclic) bond motifs is 1. The number of carbonyl (C=O) groups excluding carboxylic acids is 1. The SMILES string of the molecule is O=C(Cn1c(=O)oc2ccccc21)N1CC[C@H](O)C1. The summed E-state index contributed by atoms with van der Waals surface area (Å²) in [7, 11) is 0. The predicted molar refractivity (Wildman–Crippen MR) is 67.7 cm³/mol. The van der Waals surface area contributed by atoms with Gasteiger partial charge in [-0.05, 0) is 18.6 Å². The van der Waals surface area contributed by atoms with Crippen LogP contribution in [0.4, 0.5) is 0 Å². The van der Waals surface area contributed by atoms with Crippen molar-refractivity contribution >= 4 is 17.0 Å². The number of nitrogens with zero attached hydrogens (tertiary/aromatic N) is 2. The zero-order valence-corrected chi connectivity index (χ0v) is 10.3. The van der Waals surface area contributed by atoms with Crippen LogP contribution in [-0.2, 0) is 11.3 Å². The number of benzene rings is 1. The zero-order chi connectivity index (χ0) is 13.4. The molecule has 1 aliphatic rings. The number of rotatable bonds is 2. The number of carbonyl (C=O) groups is 1. The number of β-amino-alcohol motifs (C(OH)–C–C–N with tert-alkyl or cyclic N) is 1. The second kappa shape index (κ2) is 4.55. The Morgan fingerprint density at radius 2 is 2.21 bits per heavy atom. The minimum Gasteiger partial charge on any atom is -0.408 e. The highest BCUT2D eigenvalue weighted by molar-refractivity contribution is 5.79. The van der Waals surface area contributed by atoms with Gasteiger partial charge >= 0.3 is 5.76 Å². The fourth-order valence-electron chi connectivity index (χ4n) is 2.37. The van der Waals surface area contributed by atoms with Gasteiger partial charge < -0.3 is 14.4 Å². The van der Waals surface area contributed by atoms with Crippen LogP contribution in [0.1, 0.15) is 6.42 Å². The normalized spacial score (nSPS) is 19.2. The number of hydrogen-bond acceptors (Lipinski definition) is 4. The number of oxazole rings is 1. The number of aliphatic hydroxyl groups excluding tert-OH is 1. The Hall–Kier alpha value is -2.08. The molecule has 1 aromatic heterocycles. The van der Waals surface area contributed by atoms with Crippen LogP contribution in [0, 0.1) is 0 Å². The lowest BCUT2D eigenvalue weighted by molar-refractivity contribution is -0.131. The minimum atomic E-state index is -0.533. The van der Waals surface area contributed by atoms with Gasteiger partial charge in [0.15, 0.2) is 5.58 Å². The van der Waals surface area contributed by atoms with Crippen molar-refractivity contribution < 1.29 is 14.3 Å². The molecule has 1 aromatic carbocycles. The Morgan fingerprint density at radius 3 is 2.95 bits per heavy atom. The van der Waals surface area contributed by atoms with E-state index in [0.717, 1.165) is 0 Å². The van der Waals surface area contributed by atoms with Gasteiger partial charge in [-0.1, -0.05) is 12.1 Å². The average Bonchev–Trinajstić information content (AvgIpc) is 2.95. The highest BCUT2D eigenvalue weighted by Crippen LogP contribution is 2.13. The summed E-state index contributed by atoms with van der Waals surface area (Å²) in [5.41, 5.74) is 1.09. The smallest absolute Gasteiger partial charge is 0.408 e. The Balaban J connectivity index is 1.87. The summed E-state index contributed by atoms with van der Waals surface area (Å²) in [6.45, 7) is 0.816.